The number of hydrogen-bond acceptors (Lipinski definition) is 3. The van der Waals surface area contributed by atoms with Gasteiger partial charge in [0.25, 0.3) is 0 Å². The predicted octanol–water partition coefficient (Wildman–Crippen LogP) is 1.54. The molecular weight excluding hydrogens is 240 g/mol. The summed E-state index contributed by atoms with van der Waals surface area (Å²) >= 11 is 0. The highest BCUT2D eigenvalue weighted by Crippen LogP contribution is 2.16. The Hall–Kier alpha value is -1.68. The van der Waals surface area contributed by atoms with E-state index in [2.05, 4.69) is 31.3 Å². The second-order valence-corrected chi connectivity index (χ2v) is 5.13. The van der Waals surface area contributed by atoms with Crippen LogP contribution in [0.2, 0.25) is 0 Å². The molecule has 0 aromatic heterocycles. The van der Waals surface area contributed by atoms with Crippen molar-refractivity contribution in [2.45, 2.75) is 39.3 Å². The van der Waals surface area contributed by atoms with E-state index in [1.54, 1.807) is 7.05 Å². The molecule has 2 amide bonds. The molecule has 102 valence electrons. The molecule has 0 saturated carbocycles. The Kier molecular flexibility index (Phi) is 4.00. The van der Waals surface area contributed by atoms with Gasteiger partial charge in [-0.25, -0.2) is 0 Å². The second-order valence-electron chi connectivity index (χ2n) is 5.13. The molecule has 1 fully saturated rings. The number of rotatable bonds is 3. The van der Waals surface area contributed by atoms with Gasteiger partial charge in [0.05, 0.1) is 6.04 Å². The lowest BCUT2D eigenvalue weighted by Crippen LogP contribution is -2.51. The van der Waals surface area contributed by atoms with Crippen molar-refractivity contribution in [2.24, 2.45) is 0 Å². The van der Waals surface area contributed by atoms with Crippen LogP contribution in [0.3, 0.4) is 0 Å². The Labute approximate surface area is 113 Å². The van der Waals surface area contributed by atoms with Crippen LogP contribution in [-0.4, -0.2) is 29.8 Å². The van der Waals surface area contributed by atoms with Gasteiger partial charge in [-0.15, -0.1) is 0 Å². The van der Waals surface area contributed by atoms with E-state index in [0.29, 0.717) is 19.4 Å². The van der Waals surface area contributed by atoms with Crippen molar-refractivity contribution in [3.63, 3.8) is 0 Å². The van der Waals surface area contributed by atoms with Crippen LogP contribution >= 0.6 is 0 Å². The fourth-order valence-electron chi connectivity index (χ4n) is 2.46. The number of piperidine rings is 1. The molecule has 1 heterocycles. The van der Waals surface area contributed by atoms with Crippen LogP contribution < -0.4 is 5.32 Å². The maximum Gasteiger partial charge on any atom is 0.246 e. The molecule has 0 aliphatic carbocycles. The van der Waals surface area contributed by atoms with Gasteiger partial charge in [-0.1, -0.05) is 18.2 Å². The first-order valence-electron chi connectivity index (χ1n) is 6.59. The fraction of sp³-hybridized carbons (Fsp3) is 0.467. The monoisotopic (exact) mass is 260 g/mol. The minimum atomic E-state index is -0.248. The summed E-state index contributed by atoms with van der Waals surface area (Å²) < 4.78 is 0. The lowest BCUT2D eigenvalue weighted by atomic mass is 10.0. The summed E-state index contributed by atoms with van der Waals surface area (Å²) in [7, 11) is 1.55. The Morgan fingerprint density at radius 2 is 1.89 bits per heavy atom. The smallest absolute Gasteiger partial charge is 0.246 e. The highest BCUT2D eigenvalue weighted by atomic mass is 16.2. The zero-order chi connectivity index (χ0) is 14.0. The van der Waals surface area contributed by atoms with E-state index < -0.39 is 0 Å². The molecule has 0 radical (unpaired) electrons. The summed E-state index contributed by atoms with van der Waals surface area (Å²) in [5, 5.41) is 3.28. The van der Waals surface area contributed by atoms with Gasteiger partial charge < -0.3 is 5.32 Å². The molecule has 2 rings (SSSR count). The number of benzene rings is 1. The molecule has 1 unspecified atom stereocenters. The first-order chi connectivity index (χ1) is 9.00. The first-order valence-corrected chi connectivity index (χ1v) is 6.59. The summed E-state index contributed by atoms with van der Waals surface area (Å²) in [5.41, 5.74) is 3.68. The number of hydrogen-bond donors (Lipinski definition) is 1. The van der Waals surface area contributed by atoms with Gasteiger partial charge in [0.1, 0.15) is 0 Å². The van der Waals surface area contributed by atoms with Crippen LogP contribution in [0, 0.1) is 13.8 Å². The molecule has 1 aliphatic rings. The predicted molar refractivity (Wildman–Crippen MR) is 73.6 cm³/mol. The van der Waals surface area contributed by atoms with E-state index in [4.69, 9.17) is 0 Å². The Balaban J connectivity index is 2.03. The molecule has 4 heteroatoms. The van der Waals surface area contributed by atoms with Crippen molar-refractivity contribution < 1.29 is 9.59 Å². The van der Waals surface area contributed by atoms with Crippen molar-refractivity contribution in [1.29, 1.82) is 0 Å². The van der Waals surface area contributed by atoms with Crippen LogP contribution in [0.5, 0.6) is 0 Å². The lowest BCUT2D eigenvalue weighted by Gasteiger charge is -2.28. The van der Waals surface area contributed by atoms with E-state index in [-0.39, 0.29) is 17.9 Å². The number of likely N-dealkylation sites (tertiary alicyclic amines) is 1. The Morgan fingerprint density at radius 3 is 2.53 bits per heavy atom. The number of nitrogens with one attached hydrogen (secondary N) is 1. The van der Waals surface area contributed by atoms with E-state index in [9.17, 15) is 9.59 Å². The third-order valence-corrected chi connectivity index (χ3v) is 3.82. The highest BCUT2D eigenvalue weighted by molar-refractivity contribution is 6.00. The molecule has 1 atom stereocenters. The average molecular weight is 260 g/mol. The van der Waals surface area contributed by atoms with Gasteiger partial charge in [0, 0.05) is 20.0 Å². The van der Waals surface area contributed by atoms with Crippen LogP contribution in [0.25, 0.3) is 0 Å². The number of carbonyl (C=O) groups excluding carboxylic acids is 2. The zero-order valence-corrected chi connectivity index (χ0v) is 11.7. The van der Waals surface area contributed by atoms with Gasteiger partial charge in [-0.2, -0.15) is 0 Å². The van der Waals surface area contributed by atoms with Gasteiger partial charge in [0.15, 0.2) is 0 Å². The Bertz CT molecular complexity index is 491. The van der Waals surface area contributed by atoms with E-state index in [1.807, 2.05) is 6.07 Å². The number of amides is 2. The molecule has 19 heavy (non-hydrogen) atoms. The molecule has 1 aliphatic heterocycles. The standard InChI is InChI=1S/C15H20N2O2/c1-10-5-4-6-11(2)12(10)9-16-13-7-8-14(18)17(3)15(13)19/h4-6,13,16H,7-9H2,1-3H3. The van der Waals surface area contributed by atoms with E-state index in [1.165, 1.54) is 21.6 Å². The van der Waals surface area contributed by atoms with Gasteiger partial charge in [0.2, 0.25) is 11.8 Å². The van der Waals surface area contributed by atoms with Crippen molar-refractivity contribution in [3.05, 3.63) is 34.9 Å². The SMILES string of the molecule is Cc1cccc(C)c1CNC1CCC(=O)N(C)C1=O. The second kappa shape index (κ2) is 5.53. The maximum atomic E-state index is 12.0. The summed E-state index contributed by atoms with van der Waals surface area (Å²) in [6.07, 6.45) is 1.03. The Morgan fingerprint density at radius 1 is 1.26 bits per heavy atom. The van der Waals surface area contributed by atoms with Crippen molar-refractivity contribution in [2.75, 3.05) is 7.05 Å². The topological polar surface area (TPSA) is 49.4 Å². The van der Waals surface area contributed by atoms with Gasteiger partial charge in [-0.05, 0) is 37.0 Å². The minimum Gasteiger partial charge on any atom is -0.302 e. The molecule has 1 N–H and O–H groups in total. The molecule has 0 spiro atoms. The number of likely N-dealkylation sites (N-methyl/N-ethyl adjacent to an activating group) is 1. The lowest BCUT2D eigenvalue weighted by molar-refractivity contribution is -0.148. The molecule has 1 aromatic carbocycles. The summed E-state index contributed by atoms with van der Waals surface area (Å²) in [6, 6.07) is 5.93. The van der Waals surface area contributed by atoms with Crippen molar-refractivity contribution in [3.8, 4) is 0 Å². The largest absolute Gasteiger partial charge is 0.302 e. The van der Waals surface area contributed by atoms with E-state index in [0.717, 1.165) is 0 Å². The first kappa shape index (κ1) is 13.7. The summed E-state index contributed by atoms with van der Waals surface area (Å²) in [5.74, 6) is -0.211. The fourth-order valence-corrected chi connectivity index (χ4v) is 2.46. The summed E-state index contributed by atoms with van der Waals surface area (Å²) in [6.45, 7) is 4.81. The van der Waals surface area contributed by atoms with E-state index >= 15 is 0 Å². The molecular formula is C15H20N2O2. The van der Waals surface area contributed by atoms with Crippen LogP contribution in [-0.2, 0) is 16.1 Å². The minimum absolute atomic E-state index is 0.0878. The third-order valence-electron chi connectivity index (χ3n) is 3.82. The van der Waals surface area contributed by atoms with Gasteiger partial charge >= 0.3 is 0 Å². The number of aryl methyl sites for hydroxylation is 2. The molecule has 1 saturated heterocycles. The van der Waals surface area contributed by atoms with Crippen LogP contribution in [0.4, 0.5) is 0 Å². The normalized spacial score (nSPS) is 19.9. The van der Waals surface area contributed by atoms with Gasteiger partial charge in [-0.3, -0.25) is 14.5 Å². The molecule has 4 nitrogen and oxygen atoms in total. The molecule has 0 bridgehead atoms. The van der Waals surface area contributed by atoms with Crippen molar-refractivity contribution in [1.82, 2.24) is 10.2 Å². The average Bonchev–Trinajstić information content (AvgIpc) is 2.38. The maximum absolute atomic E-state index is 12.0. The highest BCUT2D eigenvalue weighted by Gasteiger charge is 2.31. The van der Waals surface area contributed by atoms with Crippen LogP contribution in [0.15, 0.2) is 18.2 Å². The third kappa shape index (κ3) is 2.84. The number of carbonyl (C=O) groups is 2. The quantitative estimate of drug-likeness (QED) is 0.839. The summed E-state index contributed by atoms with van der Waals surface area (Å²) in [4.78, 5) is 24.6. The zero-order valence-electron chi connectivity index (χ0n) is 11.7. The van der Waals surface area contributed by atoms with Crippen molar-refractivity contribution >= 4 is 11.8 Å². The number of nitrogens with zero attached hydrogens (tertiary/aromatic N) is 1. The van der Waals surface area contributed by atoms with Crippen LogP contribution in [0.1, 0.15) is 29.5 Å². The molecule has 1 aromatic rings. The number of imide groups is 1.